The number of nitrogens with zero attached hydrogens (tertiary/aromatic N) is 2. The number of ether oxygens (including phenoxy) is 1. The van der Waals surface area contributed by atoms with Crippen LogP contribution in [0.15, 0.2) is 12.3 Å². The monoisotopic (exact) mass is 178 g/mol. The summed E-state index contributed by atoms with van der Waals surface area (Å²) in [5.41, 5.74) is 0.659. The molecule has 1 aromatic heterocycles. The van der Waals surface area contributed by atoms with Crippen LogP contribution in [0.5, 0.6) is 0 Å². The van der Waals surface area contributed by atoms with Gasteiger partial charge in [0.05, 0.1) is 7.11 Å². The van der Waals surface area contributed by atoms with Crippen LogP contribution in [0.25, 0.3) is 0 Å². The standard InChI is InChI=1S/C9H10N2O2/c1-11-7-6-8(10-11)4-3-5-9(12)13-2/h6-7H,5H2,1-2H3. The van der Waals surface area contributed by atoms with E-state index >= 15 is 0 Å². The summed E-state index contributed by atoms with van der Waals surface area (Å²) in [6.07, 6.45) is 1.90. The van der Waals surface area contributed by atoms with Crippen LogP contribution in [0.3, 0.4) is 0 Å². The molecule has 1 rings (SSSR count). The van der Waals surface area contributed by atoms with E-state index in [9.17, 15) is 4.79 Å². The molecule has 0 aliphatic rings. The van der Waals surface area contributed by atoms with Gasteiger partial charge in [-0.25, -0.2) is 0 Å². The zero-order valence-corrected chi connectivity index (χ0v) is 7.57. The minimum atomic E-state index is -0.330. The number of carbonyl (C=O) groups is 1. The molecule has 0 aliphatic heterocycles. The molecule has 0 saturated carbocycles. The maximum atomic E-state index is 10.7. The number of hydrogen-bond acceptors (Lipinski definition) is 3. The van der Waals surface area contributed by atoms with Gasteiger partial charge in [0, 0.05) is 13.2 Å². The van der Waals surface area contributed by atoms with Gasteiger partial charge in [-0.3, -0.25) is 9.48 Å². The van der Waals surface area contributed by atoms with Crippen LogP contribution in [0, 0.1) is 11.8 Å². The highest BCUT2D eigenvalue weighted by atomic mass is 16.5. The number of methoxy groups -OCH3 is 1. The fourth-order valence-corrected chi connectivity index (χ4v) is 0.761. The summed E-state index contributed by atoms with van der Waals surface area (Å²) in [7, 11) is 3.15. The van der Waals surface area contributed by atoms with E-state index < -0.39 is 0 Å². The van der Waals surface area contributed by atoms with Gasteiger partial charge >= 0.3 is 5.97 Å². The van der Waals surface area contributed by atoms with E-state index in [1.807, 2.05) is 7.05 Å². The average molecular weight is 178 g/mol. The molecule has 1 heterocycles. The summed E-state index contributed by atoms with van der Waals surface area (Å²) in [4.78, 5) is 10.7. The largest absolute Gasteiger partial charge is 0.468 e. The third-order valence-corrected chi connectivity index (χ3v) is 1.39. The van der Waals surface area contributed by atoms with Gasteiger partial charge in [0.1, 0.15) is 12.1 Å². The molecule has 0 aliphatic carbocycles. The second kappa shape index (κ2) is 4.31. The lowest BCUT2D eigenvalue weighted by molar-refractivity contribution is -0.139. The summed E-state index contributed by atoms with van der Waals surface area (Å²) < 4.78 is 6.08. The van der Waals surface area contributed by atoms with Crippen LogP contribution in [0.2, 0.25) is 0 Å². The Morgan fingerprint density at radius 3 is 3.08 bits per heavy atom. The highest BCUT2D eigenvalue weighted by Gasteiger charge is 1.94. The van der Waals surface area contributed by atoms with Crippen molar-refractivity contribution in [3.05, 3.63) is 18.0 Å². The third kappa shape index (κ3) is 2.99. The minimum Gasteiger partial charge on any atom is -0.468 e. The van der Waals surface area contributed by atoms with Crippen molar-refractivity contribution in [3.63, 3.8) is 0 Å². The number of aryl methyl sites for hydroxylation is 1. The molecular weight excluding hydrogens is 168 g/mol. The lowest BCUT2D eigenvalue weighted by Gasteiger charge is -1.88. The number of rotatable bonds is 1. The molecule has 68 valence electrons. The van der Waals surface area contributed by atoms with Gasteiger partial charge < -0.3 is 4.74 Å². The van der Waals surface area contributed by atoms with Gasteiger partial charge in [-0.05, 0) is 12.0 Å². The van der Waals surface area contributed by atoms with Crippen LogP contribution < -0.4 is 0 Å². The molecule has 0 saturated heterocycles. The van der Waals surface area contributed by atoms with E-state index in [2.05, 4.69) is 21.7 Å². The average Bonchev–Trinajstić information content (AvgIpc) is 2.51. The Labute approximate surface area is 76.5 Å². The molecular formula is C9H10N2O2. The SMILES string of the molecule is COC(=O)CC#Cc1ccn(C)n1. The van der Waals surface area contributed by atoms with Crippen molar-refractivity contribution in [2.75, 3.05) is 7.11 Å². The number of aromatic nitrogens is 2. The minimum absolute atomic E-state index is 0.104. The van der Waals surface area contributed by atoms with Crippen LogP contribution in [-0.4, -0.2) is 22.9 Å². The molecule has 0 aromatic carbocycles. The lowest BCUT2D eigenvalue weighted by atomic mass is 10.4. The Morgan fingerprint density at radius 2 is 2.54 bits per heavy atom. The second-order valence-corrected chi connectivity index (χ2v) is 2.43. The summed E-state index contributed by atoms with van der Waals surface area (Å²) in [6, 6.07) is 1.78. The van der Waals surface area contributed by atoms with Crippen molar-refractivity contribution < 1.29 is 9.53 Å². The molecule has 0 fully saturated rings. The first-order chi connectivity index (χ1) is 6.22. The van der Waals surface area contributed by atoms with Crippen molar-refractivity contribution in [1.29, 1.82) is 0 Å². The Kier molecular flexibility index (Phi) is 3.09. The van der Waals surface area contributed by atoms with Crippen LogP contribution in [0.1, 0.15) is 12.1 Å². The quantitative estimate of drug-likeness (QED) is 0.460. The van der Waals surface area contributed by atoms with Gasteiger partial charge in [0.25, 0.3) is 0 Å². The molecule has 4 heteroatoms. The topological polar surface area (TPSA) is 44.1 Å². The number of esters is 1. The Hall–Kier alpha value is -1.76. The predicted molar refractivity (Wildman–Crippen MR) is 46.7 cm³/mol. The Morgan fingerprint density at radius 1 is 1.77 bits per heavy atom. The van der Waals surface area contributed by atoms with Gasteiger partial charge in [-0.15, -0.1) is 0 Å². The maximum Gasteiger partial charge on any atom is 0.317 e. The normalized spacial score (nSPS) is 8.77. The molecule has 0 atom stereocenters. The molecule has 1 aromatic rings. The molecule has 0 N–H and O–H groups in total. The molecule has 13 heavy (non-hydrogen) atoms. The van der Waals surface area contributed by atoms with Crippen molar-refractivity contribution in [1.82, 2.24) is 9.78 Å². The van der Waals surface area contributed by atoms with E-state index in [1.54, 1.807) is 16.9 Å². The highest BCUT2D eigenvalue weighted by Crippen LogP contribution is 1.90. The molecule has 4 nitrogen and oxygen atoms in total. The maximum absolute atomic E-state index is 10.7. The van der Waals surface area contributed by atoms with Gasteiger partial charge in [0.15, 0.2) is 0 Å². The lowest BCUT2D eigenvalue weighted by Crippen LogP contribution is -1.97. The molecule has 0 bridgehead atoms. The first-order valence-electron chi connectivity index (χ1n) is 3.77. The highest BCUT2D eigenvalue weighted by molar-refractivity contribution is 5.72. The number of hydrogen-bond donors (Lipinski definition) is 0. The smallest absolute Gasteiger partial charge is 0.317 e. The summed E-state index contributed by atoms with van der Waals surface area (Å²) in [5.74, 6) is 5.08. The number of carbonyl (C=O) groups excluding carboxylic acids is 1. The first kappa shape index (κ1) is 9.33. The Balaban J connectivity index is 2.53. The van der Waals surface area contributed by atoms with Crippen molar-refractivity contribution in [2.45, 2.75) is 6.42 Å². The van der Waals surface area contributed by atoms with Gasteiger partial charge in [-0.2, -0.15) is 5.10 Å². The van der Waals surface area contributed by atoms with Gasteiger partial charge in [0.2, 0.25) is 0 Å². The zero-order valence-electron chi connectivity index (χ0n) is 7.57. The third-order valence-electron chi connectivity index (χ3n) is 1.39. The fraction of sp³-hybridized carbons (Fsp3) is 0.333. The van der Waals surface area contributed by atoms with Crippen LogP contribution in [-0.2, 0) is 16.6 Å². The van der Waals surface area contributed by atoms with Crippen LogP contribution >= 0.6 is 0 Å². The van der Waals surface area contributed by atoms with E-state index in [-0.39, 0.29) is 12.4 Å². The van der Waals surface area contributed by atoms with Crippen molar-refractivity contribution in [2.24, 2.45) is 7.05 Å². The molecule has 0 spiro atoms. The predicted octanol–water partition coefficient (Wildman–Crippen LogP) is 0.335. The van der Waals surface area contributed by atoms with Crippen molar-refractivity contribution in [3.8, 4) is 11.8 Å². The van der Waals surface area contributed by atoms with Crippen LogP contribution in [0.4, 0.5) is 0 Å². The summed E-state index contributed by atoms with van der Waals surface area (Å²) in [5, 5.41) is 4.02. The van der Waals surface area contributed by atoms with E-state index in [4.69, 9.17) is 0 Å². The first-order valence-corrected chi connectivity index (χ1v) is 3.77. The molecule has 0 unspecified atom stereocenters. The zero-order chi connectivity index (χ0) is 9.68. The Bertz CT molecular complexity index is 357. The van der Waals surface area contributed by atoms with E-state index in [0.717, 1.165) is 0 Å². The van der Waals surface area contributed by atoms with E-state index in [1.165, 1.54) is 7.11 Å². The van der Waals surface area contributed by atoms with Gasteiger partial charge in [-0.1, -0.05) is 5.92 Å². The second-order valence-electron chi connectivity index (χ2n) is 2.43. The molecule has 0 amide bonds. The summed E-state index contributed by atoms with van der Waals surface area (Å²) in [6.45, 7) is 0. The molecule has 0 radical (unpaired) electrons. The van der Waals surface area contributed by atoms with E-state index in [0.29, 0.717) is 5.69 Å². The summed E-state index contributed by atoms with van der Waals surface area (Å²) >= 11 is 0. The fourth-order valence-electron chi connectivity index (χ4n) is 0.761. The van der Waals surface area contributed by atoms with Crippen molar-refractivity contribution >= 4 is 5.97 Å².